The highest BCUT2D eigenvalue weighted by Gasteiger charge is 2.59. The van der Waals surface area contributed by atoms with Gasteiger partial charge in [-0.25, -0.2) is 4.39 Å². The largest absolute Gasteiger partial charge is 0.469 e. The van der Waals surface area contributed by atoms with E-state index in [2.05, 4.69) is 4.98 Å². The third-order valence-electron chi connectivity index (χ3n) is 6.15. The quantitative estimate of drug-likeness (QED) is 0.761. The van der Waals surface area contributed by atoms with Gasteiger partial charge < -0.3 is 4.74 Å². The second-order valence-corrected chi connectivity index (χ2v) is 7.44. The Bertz CT molecular complexity index is 809. The topological polar surface area (TPSA) is 39.2 Å². The van der Waals surface area contributed by atoms with E-state index in [1.54, 1.807) is 13.0 Å². The van der Waals surface area contributed by atoms with Gasteiger partial charge in [0.1, 0.15) is 5.82 Å². The first kappa shape index (κ1) is 15.6. The minimum absolute atomic E-state index is 0.0552. The molecule has 0 bridgehead atoms. The summed E-state index contributed by atoms with van der Waals surface area (Å²) in [6.07, 6.45) is 6.99. The second-order valence-electron chi connectivity index (χ2n) is 7.44. The summed E-state index contributed by atoms with van der Waals surface area (Å²) in [4.78, 5) is 16.2. The number of benzene rings is 1. The second kappa shape index (κ2) is 5.54. The molecule has 1 atom stereocenters. The Morgan fingerprint density at radius 1 is 1.33 bits per heavy atom. The van der Waals surface area contributed by atoms with Crippen LogP contribution >= 0.6 is 0 Å². The van der Waals surface area contributed by atoms with Crippen LogP contribution in [0.1, 0.15) is 49.1 Å². The molecule has 1 unspecified atom stereocenters. The van der Waals surface area contributed by atoms with Gasteiger partial charge in [0.05, 0.1) is 18.5 Å². The van der Waals surface area contributed by atoms with E-state index >= 15 is 0 Å². The first-order valence-corrected chi connectivity index (χ1v) is 8.67. The SMILES string of the molecule is COC(=O)C1CC12CCC(c1ccnc3cc(C)c(F)cc13)CC2. The number of nitrogens with zero attached hydrogens (tertiary/aromatic N) is 1. The third kappa shape index (κ3) is 2.40. The van der Waals surface area contributed by atoms with Gasteiger partial charge in [0, 0.05) is 11.6 Å². The molecular weight excluding hydrogens is 305 g/mol. The van der Waals surface area contributed by atoms with Crippen LogP contribution in [0.15, 0.2) is 24.4 Å². The van der Waals surface area contributed by atoms with E-state index in [1.807, 2.05) is 18.3 Å². The van der Waals surface area contributed by atoms with Gasteiger partial charge in [0.25, 0.3) is 0 Å². The molecule has 0 saturated heterocycles. The molecule has 4 heteroatoms. The van der Waals surface area contributed by atoms with Gasteiger partial charge >= 0.3 is 5.97 Å². The maximum absolute atomic E-state index is 14.0. The van der Waals surface area contributed by atoms with Crippen molar-refractivity contribution < 1.29 is 13.9 Å². The lowest BCUT2D eigenvalue weighted by Gasteiger charge is -2.30. The van der Waals surface area contributed by atoms with Gasteiger partial charge in [-0.2, -0.15) is 0 Å². The fourth-order valence-corrected chi connectivity index (χ4v) is 4.53. The number of fused-ring (bicyclic) bond motifs is 1. The van der Waals surface area contributed by atoms with Crippen LogP contribution in [0.4, 0.5) is 4.39 Å². The van der Waals surface area contributed by atoms with Gasteiger partial charge in [-0.1, -0.05) is 0 Å². The molecule has 3 nitrogen and oxygen atoms in total. The minimum Gasteiger partial charge on any atom is -0.469 e. The molecule has 24 heavy (non-hydrogen) atoms. The molecule has 2 aliphatic rings. The van der Waals surface area contributed by atoms with Crippen molar-refractivity contribution in [3.63, 3.8) is 0 Å². The number of ether oxygens (including phenoxy) is 1. The predicted octanol–water partition coefficient (Wildman–Crippen LogP) is 4.52. The van der Waals surface area contributed by atoms with Crippen LogP contribution in [0.25, 0.3) is 10.9 Å². The van der Waals surface area contributed by atoms with Gasteiger partial charge in [-0.3, -0.25) is 9.78 Å². The molecular formula is C20H22FNO2. The normalized spacial score (nSPS) is 29.0. The van der Waals surface area contributed by atoms with E-state index in [0.29, 0.717) is 11.5 Å². The smallest absolute Gasteiger partial charge is 0.309 e. The lowest BCUT2D eigenvalue weighted by Crippen LogP contribution is -2.19. The summed E-state index contributed by atoms with van der Waals surface area (Å²) in [7, 11) is 1.47. The molecule has 2 fully saturated rings. The molecule has 2 aliphatic carbocycles. The van der Waals surface area contributed by atoms with Crippen molar-refractivity contribution in [1.82, 2.24) is 4.98 Å². The maximum atomic E-state index is 14.0. The zero-order valence-electron chi connectivity index (χ0n) is 14.1. The van der Waals surface area contributed by atoms with Crippen molar-refractivity contribution in [2.24, 2.45) is 11.3 Å². The Morgan fingerprint density at radius 2 is 2.08 bits per heavy atom. The molecule has 1 heterocycles. The molecule has 0 aliphatic heterocycles. The summed E-state index contributed by atoms with van der Waals surface area (Å²) in [5, 5.41) is 0.932. The first-order chi connectivity index (χ1) is 11.5. The Morgan fingerprint density at radius 3 is 2.79 bits per heavy atom. The van der Waals surface area contributed by atoms with Crippen LogP contribution in [0.2, 0.25) is 0 Å². The van der Waals surface area contributed by atoms with Crippen LogP contribution in [-0.4, -0.2) is 18.1 Å². The number of methoxy groups -OCH3 is 1. The summed E-state index contributed by atoms with van der Waals surface area (Å²) in [5.41, 5.74) is 2.87. The summed E-state index contributed by atoms with van der Waals surface area (Å²) in [6, 6.07) is 5.49. The monoisotopic (exact) mass is 327 g/mol. The highest BCUT2D eigenvalue weighted by atomic mass is 19.1. The summed E-state index contributed by atoms with van der Waals surface area (Å²) >= 11 is 0. The number of aryl methyl sites for hydroxylation is 1. The molecule has 0 N–H and O–H groups in total. The third-order valence-corrected chi connectivity index (χ3v) is 6.15. The standard InChI is InChI=1S/C20H22FNO2/c1-12-9-18-15(10-17(12)21)14(5-8-22-18)13-3-6-20(7-4-13)11-16(20)19(23)24-2/h5,8-10,13,16H,3-4,6-7,11H2,1-2H3. The molecule has 4 rings (SSSR count). The average molecular weight is 327 g/mol. The Kier molecular flexibility index (Phi) is 3.59. The van der Waals surface area contributed by atoms with Crippen LogP contribution < -0.4 is 0 Å². The molecule has 0 radical (unpaired) electrons. The molecule has 1 aromatic heterocycles. The van der Waals surface area contributed by atoms with E-state index in [-0.39, 0.29) is 23.1 Å². The number of halogens is 1. The Hall–Kier alpha value is -1.97. The van der Waals surface area contributed by atoms with Crippen molar-refractivity contribution in [3.8, 4) is 0 Å². The summed E-state index contributed by atoms with van der Waals surface area (Å²) in [5.74, 6) is 0.289. The lowest BCUT2D eigenvalue weighted by atomic mass is 9.75. The number of hydrogen-bond donors (Lipinski definition) is 0. The summed E-state index contributed by atoms with van der Waals surface area (Å²) < 4.78 is 18.9. The molecule has 126 valence electrons. The Balaban J connectivity index is 1.58. The number of pyridine rings is 1. The zero-order valence-corrected chi connectivity index (χ0v) is 14.1. The van der Waals surface area contributed by atoms with Crippen molar-refractivity contribution in [3.05, 3.63) is 41.3 Å². The van der Waals surface area contributed by atoms with Gasteiger partial charge in [-0.15, -0.1) is 0 Å². The number of hydrogen-bond acceptors (Lipinski definition) is 3. The lowest BCUT2D eigenvalue weighted by molar-refractivity contribution is -0.143. The number of carbonyl (C=O) groups is 1. The van der Waals surface area contributed by atoms with Crippen molar-refractivity contribution >= 4 is 16.9 Å². The van der Waals surface area contributed by atoms with E-state index in [1.165, 1.54) is 12.7 Å². The van der Waals surface area contributed by atoms with Gasteiger partial charge in [0.2, 0.25) is 0 Å². The van der Waals surface area contributed by atoms with E-state index in [9.17, 15) is 9.18 Å². The number of rotatable bonds is 2. The van der Waals surface area contributed by atoms with Gasteiger partial charge in [-0.05, 0) is 79.7 Å². The van der Waals surface area contributed by atoms with E-state index < -0.39 is 0 Å². The number of carbonyl (C=O) groups excluding carboxylic acids is 1. The molecule has 2 saturated carbocycles. The van der Waals surface area contributed by atoms with E-state index in [0.717, 1.165) is 43.0 Å². The maximum Gasteiger partial charge on any atom is 0.309 e. The highest BCUT2D eigenvalue weighted by molar-refractivity contribution is 5.83. The predicted molar refractivity (Wildman–Crippen MR) is 90.2 cm³/mol. The fraction of sp³-hybridized carbons (Fsp3) is 0.500. The number of esters is 1. The van der Waals surface area contributed by atoms with Crippen LogP contribution in [0, 0.1) is 24.1 Å². The molecule has 2 aromatic rings. The summed E-state index contributed by atoms with van der Waals surface area (Å²) in [6.45, 7) is 1.77. The van der Waals surface area contributed by atoms with Crippen molar-refractivity contribution in [2.75, 3.05) is 7.11 Å². The number of aromatic nitrogens is 1. The first-order valence-electron chi connectivity index (χ1n) is 8.67. The average Bonchev–Trinajstić information content (AvgIpc) is 3.29. The van der Waals surface area contributed by atoms with E-state index in [4.69, 9.17) is 4.74 Å². The van der Waals surface area contributed by atoms with Crippen molar-refractivity contribution in [1.29, 1.82) is 0 Å². The highest BCUT2D eigenvalue weighted by Crippen LogP contribution is 2.63. The zero-order chi connectivity index (χ0) is 16.9. The van der Waals surface area contributed by atoms with Crippen LogP contribution in [0.5, 0.6) is 0 Å². The van der Waals surface area contributed by atoms with Crippen molar-refractivity contribution in [2.45, 2.75) is 44.9 Å². The molecule has 0 amide bonds. The Labute approximate surface area is 141 Å². The van der Waals surface area contributed by atoms with Crippen LogP contribution in [0.3, 0.4) is 0 Å². The van der Waals surface area contributed by atoms with Gasteiger partial charge in [0.15, 0.2) is 0 Å². The minimum atomic E-state index is -0.169. The van der Waals surface area contributed by atoms with Crippen LogP contribution in [-0.2, 0) is 9.53 Å². The molecule has 1 spiro atoms. The fourth-order valence-electron chi connectivity index (χ4n) is 4.53. The molecule has 1 aromatic carbocycles.